The van der Waals surface area contributed by atoms with Gasteiger partial charge in [-0.15, -0.1) is 0 Å². The molecule has 0 aliphatic carbocycles. The molecule has 0 saturated heterocycles. The van der Waals surface area contributed by atoms with Crippen molar-refractivity contribution in [1.82, 2.24) is 4.98 Å². The highest BCUT2D eigenvalue weighted by atomic mass is 35.5. The van der Waals surface area contributed by atoms with Gasteiger partial charge in [-0.2, -0.15) is 0 Å². The molecule has 0 spiro atoms. The molecule has 1 aromatic heterocycles. The molecule has 0 aliphatic rings. The molecule has 0 saturated carbocycles. The van der Waals surface area contributed by atoms with E-state index in [2.05, 4.69) is 4.98 Å². The third kappa shape index (κ3) is 2.80. The number of pyridine rings is 1. The van der Waals surface area contributed by atoms with E-state index < -0.39 is 15.7 Å². The monoisotopic (exact) mass is 369 g/mol. The Bertz CT molecular complexity index is 1040. The van der Waals surface area contributed by atoms with Gasteiger partial charge in [0.1, 0.15) is 10.7 Å². The number of hydrogen-bond donors (Lipinski definition) is 0. The summed E-state index contributed by atoms with van der Waals surface area (Å²) in [6, 6.07) is 8.54. The first-order valence-electron chi connectivity index (χ1n) is 6.56. The minimum atomic E-state index is -3.99. The van der Waals surface area contributed by atoms with E-state index in [1.165, 1.54) is 18.3 Å². The molecule has 0 unspecified atom stereocenters. The van der Waals surface area contributed by atoms with Gasteiger partial charge in [0, 0.05) is 16.6 Å². The van der Waals surface area contributed by atoms with Crippen molar-refractivity contribution in [3.05, 3.63) is 64.0 Å². The van der Waals surface area contributed by atoms with E-state index in [4.69, 9.17) is 23.2 Å². The number of rotatable bonds is 2. The minimum Gasteiger partial charge on any atom is -0.255 e. The Kier molecular flexibility index (Phi) is 4.04. The van der Waals surface area contributed by atoms with E-state index in [1.807, 2.05) is 0 Å². The third-order valence-electron chi connectivity index (χ3n) is 3.48. The van der Waals surface area contributed by atoms with Crippen LogP contribution in [0.3, 0.4) is 0 Å². The van der Waals surface area contributed by atoms with Gasteiger partial charge in [0.2, 0.25) is 9.84 Å². The van der Waals surface area contributed by atoms with Crippen LogP contribution < -0.4 is 0 Å². The average Bonchev–Trinajstić information content (AvgIpc) is 2.50. The number of fused-ring (bicyclic) bond motifs is 1. The van der Waals surface area contributed by atoms with Crippen LogP contribution >= 0.6 is 23.2 Å². The molecule has 3 nitrogen and oxygen atoms in total. The Hall–Kier alpha value is -1.69. The molecule has 1 heterocycles. The zero-order valence-electron chi connectivity index (χ0n) is 11.8. The summed E-state index contributed by atoms with van der Waals surface area (Å²) in [5.74, 6) is -0.598. The normalized spacial score (nSPS) is 11.8. The summed E-state index contributed by atoms with van der Waals surface area (Å²) in [7, 11) is -3.99. The van der Waals surface area contributed by atoms with Gasteiger partial charge in [0.05, 0.1) is 15.4 Å². The van der Waals surface area contributed by atoms with E-state index >= 15 is 0 Å². The maximum absolute atomic E-state index is 13.7. The van der Waals surface area contributed by atoms with Gasteiger partial charge >= 0.3 is 0 Å². The van der Waals surface area contributed by atoms with Crippen molar-refractivity contribution in [3.63, 3.8) is 0 Å². The lowest BCUT2D eigenvalue weighted by Gasteiger charge is -2.09. The lowest BCUT2D eigenvalue weighted by Crippen LogP contribution is -2.05. The quantitative estimate of drug-likeness (QED) is 0.650. The van der Waals surface area contributed by atoms with Crippen LogP contribution in [0.15, 0.2) is 52.4 Å². The van der Waals surface area contributed by atoms with Crippen LogP contribution in [0.5, 0.6) is 0 Å². The van der Waals surface area contributed by atoms with E-state index in [1.54, 1.807) is 25.1 Å². The third-order valence-corrected chi connectivity index (χ3v) is 5.99. The number of sulfone groups is 1. The van der Waals surface area contributed by atoms with Gasteiger partial charge in [0.25, 0.3) is 0 Å². The molecular weight excluding hydrogens is 360 g/mol. The highest BCUT2D eigenvalue weighted by molar-refractivity contribution is 7.91. The van der Waals surface area contributed by atoms with Crippen LogP contribution in [0.1, 0.15) is 5.56 Å². The molecule has 0 N–H and O–H groups in total. The molecule has 3 aromatic rings. The second-order valence-electron chi connectivity index (χ2n) is 5.01. The van der Waals surface area contributed by atoms with Crippen LogP contribution in [0, 0.1) is 12.7 Å². The topological polar surface area (TPSA) is 47.0 Å². The smallest absolute Gasteiger partial charge is 0.209 e. The number of hydrogen-bond acceptors (Lipinski definition) is 3. The zero-order chi connectivity index (χ0) is 16.8. The van der Waals surface area contributed by atoms with Gasteiger partial charge in [-0.25, -0.2) is 12.8 Å². The Morgan fingerprint density at radius 1 is 1.09 bits per heavy atom. The second kappa shape index (κ2) is 5.74. The predicted molar refractivity (Wildman–Crippen MR) is 88.4 cm³/mol. The van der Waals surface area contributed by atoms with Crippen LogP contribution in [0.4, 0.5) is 4.39 Å². The maximum Gasteiger partial charge on any atom is 0.209 e. The first kappa shape index (κ1) is 16.2. The van der Waals surface area contributed by atoms with E-state index in [9.17, 15) is 12.8 Å². The summed E-state index contributed by atoms with van der Waals surface area (Å²) in [5.41, 5.74) is 0.881. The van der Waals surface area contributed by atoms with Crippen molar-refractivity contribution >= 4 is 43.9 Å². The fraction of sp³-hybridized carbons (Fsp3) is 0.0625. The van der Waals surface area contributed by atoms with Crippen molar-refractivity contribution in [2.75, 3.05) is 0 Å². The average molecular weight is 370 g/mol. The van der Waals surface area contributed by atoms with Crippen LogP contribution in [0.2, 0.25) is 10.0 Å². The molecule has 118 valence electrons. The van der Waals surface area contributed by atoms with Gasteiger partial charge in [-0.05, 0) is 42.8 Å². The Morgan fingerprint density at radius 3 is 2.52 bits per heavy atom. The van der Waals surface area contributed by atoms with Gasteiger partial charge in [0.15, 0.2) is 0 Å². The fourth-order valence-corrected chi connectivity index (χ4v) is 4.14. The highest BCUT2D eigenvalue weighted by Crippen LogP contribution is 2.33. The standard InChI is InChI=1S/C16H10Cl2FNO2S/c1-9-2-4-11(7-13(9)19)23(21,22)15-8-20-14-5-3-10(17)6-12(14)16(15)18/h2-8H,1H3. The van der Waals surface area contributed by atoms with Gasteiger partial charge < -0.3 is 0 Å². The first-order chi connectivity index (χ1) is 10.8. The molecule has 2 aromatic carbocycles. The predicted octanol–water partition coefficient (Wildman–Crippen LogP) is 4.82. The van der Waals surface area contributed by atoms with Crippen molar-refractivity contribution in [2.45, 2.75) is 16.7 Å². The number of aromatic nitrogens is 1. The summed E-state index contributed by atoms with van der Waals surface area (Å²) < 4.78 is 39.1. The van der Waals surface area contributed by atoms with Crippen molar-refractivity contribution in [2.24, 2.45) is 0 Å². The molecule has 0 radical (unpaired) electrons. The molecule has 7 heteroatoms. The van der Waals surface area contributed by atoms with E-state index in [0.717, 1.165) is 6.07 Å². The molecule has 0 bridgehead atoms. The van der Waals surface area contributed by atoms with Gasteiger partial charge in [-0.1, -0.05) is 29.3 Å². The largest absolute Gasteiger partial charge is 0.255 e. The fourth-order valence-electron chi connectivity index (χ4n) is 2.17. The zero-order valence-corrected chi connectivity index (χ0v) is 14.2. The van der Waals surface area contributed by atoms with E-state index in [0.29, 0.717) is 21.5 Å². The molecule has 0 fully saturated rings. The lowest BCUT2D eigenvalue weighted by atomic mass is 10.2. The molecule has 0 aliphatic heterocycles. The Balaban J connectivity index is 2.26. The first-order valence-corrected chi connectivity index (χ1v) is 8.79. The second-order valence-corrected chi connectivity index (χ2v) is 7.74. The Morgan fingerprint density at radius 2 is 1.83 bits per heavy atom. The van der Waals surface area contributed by atoms with Gasteiger partial charge in [-0.3, -0.25) is 4.98 Å². The number of aryl methyl sites for hydroxylation is 1. The molecule has 0 atom stereocenters. The summed E-state index contributed by atoms with van der Waals surface area (Å²) in [4.78, 5) is 3.74. The van der Waals surface area contributed by atoms with Crippen molar-refractivity contribution < 1.29 is 12.8 Å². The highest BCUT2D eigenvalue weighted by Gasteiger charge is 2.24. The SMILES string of the molecule is Cc1ccc(S(=O)(=O)c2cnc3ccc(Cl)cc3c2Cl)cc1F. The van der Waals surface area contributed by atoms with Crippen LogP contribution in [-0.2, 0) is 9.84 Å². The lowest BCUT2D eigenvalue weighted by molar-refractivity contribution is 0.589. The molecule has 0 amide bonds. The van der Waals surface area contributed by atoms with E-state index in [-0.39, 0.29) is 14.8 Å². The number of halogens is 3. The minimum absolute atomic E-state index is 0.0125. The van der Waals surface area contributed by atoms with Crippen LogP contribution in [-0.4, -0.2) is 13.4 Å². The van der Waals surface area contributed by atoms with Crippen molar-refractivity contribution in [3.8, 4) is 0 Å². The molecule has 3 rings (SSSR count). The number of benzene rings is 2. The molecule has 23 heavy (non-hydrogen) atoms. The summed E-state index contributed by atoms with van der Waals surface area (Å²) >= 11 is 12.2. The van der Waals surface area contributed by atoms with Crippen molar-refractivity contribution in [1.29, 1.82) is 0 Å². The maximum atomic E-state index is 13.7. The summed E-state index contributed by atoms with van der Waals surface area (Å²) in [5, 5.41) is 0.850. The molecular formula is C16H10Cl2FNO2S. The summed E-state index contributed by atoms with van der Waals surface area (Å²) in [6.45, 7) is 1.55. The number of nitrogens with zero attached hydrogens (tertiary/aromatic N) is 1. The summed E-state index contributed by atoms with van der Waals surface area (Å²) in [6.07, 6.45) is 1.17. The van der Waals surface area contributed by atoms with Crippen LogP contribution in [0.25, 0.3) is 10.9 Å². The Labute approximate surface area is 142 Å².